The summed E-state index contributed by atoms with van der Waals surface area (Å²) in [6.07, 6.45) is 0. The molecule has 1 aromatic heterocycles. The highest BCUT2D eigenvalue weighted by atomic mass is 32.1. The average Bonchev–Trinajstić information content (AvgIpc) is 3.08. The SMILES string of the molecule is c1ccc(/N=c2\nc(-c3ccccc3)n(-c3ccccc3)s2)cc1. The zero-order valence-electron chi connectivity index (χ0n) is 12.9. The number of benzene rings is 3. The van der Waals surface area contributed by atoms with E-state index in [4.69, 9.17) is 4.98 Å². The number of nitrogens with zero attached hydrogens (tertiary/aromatic N) is 3. The summed E-state index contributed by atoms with van der Waals surface area (Å²) >= 11 is 1.54. The molecule has 0 bridgehead atoms. The molecule has 4 aromatic rings. The molecule has 0 spiro atoms. The molecule has 0 unspecified atom stereocenters. The van der Waals surface area contributed by atoms with E-state index in [9.17, 15) is 0 Å². The summed E-state index contributed by atoms with van der Waals surface area (Å²) in [4.78, 5) is 10.2. The summed E-state index contributed by atoms with van der Waals surface area (Å²) in [6, 6.07) is 30.4. The zero-order valence-corrected chi connectivity index (χ0v) is 13.7. The van der Waals surface area contributed by atoms with Crippen LogP contribution in [0.1, 0.15) is 0 Å². The number of para-hydroxylation sites is 2. The van der Waals surface area contributed by atoms with Gasteiger partial charge in [0.25, 0.3) is 0 Å². The average molecular weight is 329 g/mol. The maximum absolute atomic E-state index is 4.77. The maximum Gasteiger partial charge on any atom is 0.228 e. The fraction of sp³-hybridized carbons (Fsp3) is 0. The number of hydrogen-bond acceptors (Lipinski definition) is 3. The molecule has 0 aliphatic carbocycles. The first-order chi connectivity index (χ1) is 11.9. The molecule has 3 aromatic carbocycles. The molecule has 0 fully saturated rings. The normalized spacial score (nSPS) is 11.6. The second-order valence-corrected chi connectivity index (χ2v) is 6.17. The van der Waals surface area contributed by atoms with Crippen molar-refractivity contribution in [1.29, 1.82) is 0 Å². The lowest BCUT2D eigenvalue weighted by Gasteiger charge is -2.05. The van der Waals surface area contributed by atoms with Crippen molar-refractivity contribution in [3.8, 4) is 17.1 Å². The van der Waals surface area contributed by atoms with Crippen LogP contribution in [0.5, 0.6) is 0 Å². The van der Waals surface area contributed by atoms with Crippen LogP contribution in [0.2, 0.25) is 0 Å². The van der Waals surface area contributed by atoms with Gasteiger partial charge in [0.15, 0.2) is 5.82 Å². The fourth-order valence-electron chi connectivity index (χ4n) is 2.45. The monoisotopic (exact) mass is 329 g/mol. The molecular formula is C20H15N3S. The Labute approximate surface area is 144 Å². The number of aromatic nitrogens is 2. The Hall–Kier alpha value is -2.98. The first-order valence-corrected chi connectivity index (χ1v) is 8.48. The van der Waals surface area contributed by atoms with Crippen LogP contribution in [0.15, 0.2) is 96.0 Å². The van der Waals surface area contributed by atoms with E-state index in [0.29, 0.717) is 0 Å². The van der Waals surface area contributed by atoms with Gasteiger partial charge in [-0.15, -0.1) is 0 Å². The van der Waals surface area contributed by atoms with Crippen LogP contribution in [-0.4, -0.2) is 8.94 Å². The quantitative estimate of drug-likeness (QED) is 0.529. The Kier molecular flexibility index (Phi) is 4.04. The van der Waals surface area contributed by atoms with Gasteiger partial charge in [-0.05, 0) is 35.8 Å². The van der Waals surface area contributed by atoms with Gasteiger partial charge < -0.3 is 0 Å². The molecule has 4 heteroatoms. The standard InChI is InChI=1S/C20H15N3S/c1-4-10-16(11-5-1)19-22-20(21-17-12-6-2-7-13-17)24-23(19)18-14-8-3-9-15-18/h1-15H/b21-20+. The van der Waals surface area contributed by atoms with Crippen LogP contribution in [-0.2, 0) is 0 Å². The van der Waals surface area contributed by atoms with Crippen molar-refractivity contribution in [1.82, 2.24) is 8.94 Å². The topological polar surface area (TPSA) is 30.2 Å². The lowest BCUT2D eigenvalue weighted by molar-refractivity contribution is 1.12. The molecule has 116 valence electrons. The molecule has 24 heavy (non-hydrogen) atoms. The number of hydrogen-bond donors (Lipinski definition) is 0. The van der Waals surface area contributed by atoms with Gasteiger partial charge in [-0.3, -0.25) is 0 Å². The van der Waals surface area contributed by atoms with Gasteiger partial charge >= 0.3 is 0 Å². The highest BCUT2D eigenvalue weighted by molar-refractivity contribution is 7.04. The van der Waals surface area contributed by atoms with E-state index in [2.05, 4.69) is 33.2 Å². The van der Waals surface area contributed by atoms with Gasteiger partial charge in [-0.1, -0.05) is 66.7 Å². The van der Waals surface area contributed by atoms with Crippen molar-refractivity contribution >= 4 is 17.2 Å². The molecule has 0 saturated carbocycles. The van der Waals surface area contributed by atoms with E-state index < -0.39 is 0 Å². The molecular weight excluding hydrogens is 314 g/mol. The predicted molar refractivity (Wildman–Crippen MR) is 98.5 cm³/mol. The van der Waals surface area contributed by atoms with Gasteiger partial charge in [0.1, 0.15) is 0 Å². The predicted octanol–water partition coefficient (Wildman–Crippen LogP) is 4.83. The molecule has 0 atom stereocenters. The Balaban J connectivity index is 1.90. The van der Waals surface area contributed by atoms with Crippen LogP contribution in [0, 0.1) is 0 Å². The summed E-state index contributed by atoms with van der Waals surface area (Å²) in [5.74, 6) is 0.904. The minimum absolute atomic E-state index is 0.740. The minimum atomic E-state index is 0.740. The molecule has 0 saturated heterocycles. The van der Waals surface area contributed by atoms with E-state index in [0.717, 1.165) is 27.6 Å². The van der Waals surface area contributed by atoms with Crippen LogP contribution in [0.25, 0.3) is 17.1 Å². The van der Waals surface area contributed by atoms with E-state index >= 15 is 0 Å². The Morgan fingerprint density at radius 1 is 0.708 bits per heavy atom. The van der Waals surface area contributed by atoms with E-state index in [1.165, 1.54) is 0 Å². The highest BCUT2D eigenvalue weighted by Gasteiger charge is 2.10. The van der Waals surface area contributed by atoms with Gasteiger partial charge in [0.05, 0.1) is 11.4 Å². The van der Waals surface area contributed by atoms with Crippen molar-refractivity contribution in [2.75, 3.05) is 0 Å². The first kappa shape index (κ1) is 14.6. The summed E-state index contributed by atoms with van der Waals surface area (Å²) in [7, 11) is 0. The number of rotatable bonds is 3. The maximum atomic E-state index is 4.77. The van der Waals surface area contributed by atoms with Gasteiger partial charge in [0, 0.05) is 5.56 Å². The lowest BCUT2D eigenvalue weighted by Crippen LogP contribution is -1.96. The van der Waals surface area contributed by atoms with Crippen LogP contribution in [0.4, 0.5) is 5.69 Å². The van der Waals surface area contributed by atoms with Crippen molar-refractivity contribution in [3.63, 3.8) is 0 Å². The Morgan fingerprint density at radius 2 is 1.29 bits per heavy atom. The summed E-state index contributed by atoms with van der Waals surface area (Å²) in [6.45, 7) is 0. The third-order valence-electron chi connectivity index (χ3n) is 3.57. The summed E-state index contributed by atoms with van der Waals surface area (Å²) in [5.41, 5.74) is 3.07. The zero-order chi connectivity index (χ0) is 16.2. The van der Waals surface area contributed by atoms with Crippen molar-refractivity contribution < 1.29 is 0 Å². The second-order valence-electron chi connectivity index (χ2n) is 5.25. The lowest BCUT2D eigenvalue weighted by atomic mass is 10.2. The van der Waals surface area contributed by atoms with Crippen LogP contribution < -0.4 is 4.80 Å². The van der Waals surface area contributed by atoms with E-state index in [1.54, 1.807) is 11.5 Å². The Bertz CT molecular complexity index is 927. The van der Waals surface area contributed by atoms with E-state index in [1.807, 2.05) is 66.7 Å². The largest absolute Gasteiger partial charge is 0.246 e. The van der Waals surface area contributed by atoms with Gasteiger partial charge in [0.2, 0.25) is 4.80 Å². The second kappa shape index (κ2) is 6.64. The highest BCUT2D eigenvalue weighted by Crippen LogP contribution is 2.22. The molecule has 0 aliphatic heterocycles. The molecule has 0 radical (unpaired) electrons. The third-order valence-corrected chi connectivity index (χ3v) is 4.48. The van der Waals surface area contributed by atoms with Crippen molar-refractivity contribution in [3.05, 3.63) is 95.8 Å². The van der Waals surface area contributed by atoms with Crippen molar-refractivity contribution in [2.45, 2.75) is 0 Å². The molecule has 0 N–H and O–H groups in total. The van der Waals surface area contributed by atoms with Crippen LogP contribution in [0.3, 0.4) is 0 Å². The molecule has 3 nitrogen and oxygen atoms in total. The molecule has 0 aliphatic rings. The summed E-state index contributed by atoms with van der Waals surface area (Å²) < 4.78 is 2.12. The fourth-order valence-corrected chi connectivity index (χ4v) is 3.34. The minimum Gasteiger partial charge on any atom is -0.246 e. The Morgan fingerprint density at radius 3 is 1.96 bits per heavy atom. The van der Waals surface area contributed by atoms with Gasteiger partial charge in [-0.25, -0.2) is 8.95 Å². The molecule has 1 heterocycles. The molecule has 0 amide bonds. The molecule has 4 rings (SSSR count). The van der Waals surface area contributed by atoms with Gasteiger partial charge in [-0.2, -0.15) is 4.98 Å². The van der Waals surface area contributed by atoms with Crippen molar-refractivity contribution in [2.24, 2.45) is 4.99 Å². The van der Waals surface area contributed by atoms with Crippen LogP contribution >= 0.6 is 11.5 Å². The summed E-state index contributed by atoms with van der Waals surface area (Å²) in [5, 5.41) is 0. The first-order valence-electron chi connectivity index (χ1n) is 7.71. The third kappa shape index (κ3) is 3.05. The van der Waals surface area contributed by atoms with E-state index in [-0.39, 0.29) is 0 Å². The smallest absolute Gasteiger partial charge is 0.228 e.